The fraction of sp³-hybridized carbons (Fsp3) is 0.167. The standard InChI is InChI=1S/C12H11NO4.C6H4INO2/c1-17-12(14)9-5-3-7-10-6-2-4-8-11(10)13(15)16;7-5-3-1-2-4-6(5)8(9)10/h2,4,6,8H,5,9H2,1H3;1-4H. The smallest absolute Gasteiger partial charge is 0.306 e. The molecule has 9 heteroatoms. The molecule has 0 aliphatic heterocycles. The van der Waals surface area contributed by atoms with Crippen LogP contribution in [-0.4, -0.2) is 22.9 Å². The second-order valence-corrected chi connectivity index (χ2v) is 6.02. The summed E-state index contributed by atoms with van der Waals surface area (Å²) in [5.74, 6) is 5.04. The molecule has 2 aromatic rings. The Bertz CT molecular complexity index is 889. The monoisotopic (exact) mass is 482 g/mol. The van der Waals surface area contributed by atoms with Gasteiger partial charge in [-0.05, 0) is 34.7 Å². The summed E-state index contributed by atoms with van der Waals surface area (Å²) in [6.07, 6.45) is 0.503. The number of esters is 1. The number of para-hydroxylation sites is 2. The van der Waals surface area contributed by atoms with Gasteiger partial charge in [-0.1, -0.05) is 36.1 Å². The van der Waals surface area contributed by atoms with Crippen molar-refractivity contribution in [1.29, 1.82) is 0 Å². The van der Waals surface area contributed by atoms with Crippen molar-refractivity contribution in [2.75, 3.05) is 7.11 Å². The van der Waals surface area contributed by atoms with Crippen molar-refractivity contribution < 1.29 is 19.4 Å². The molecule has 0 aliphatic rings. The lowest BCUT2D eigenvalue weighted by Gasteiger charge is -1.94. The summed E-state index contributed by atoms with van der Waals surface area (Å²) in [5.41, 5.74) is 0.489. The highest BCUT2D eigenvalue weighted by Crippen LogP contribution is 2.18. The van der Waals surface area contributed by atoms with Crippen LogP contribution >= 0.6 is 22.6 Å². The molecule has 0 fully saturated rings. The Hall–Kier alpha value is -3.00. The van der Waals surface area contributed by atoms with E-state index in [4.69, 9.17) is 0 Å². The largest absolute Gasteiger partial charge is 0.469 e. The van der Waals surface area contributed by atoms with Gasteiger partial charge in [-0.2, -0.15) is 0 Å². The highest BCUT2D eigenvalue weighted by molar-refractivity contribution is 14.1. The zero-order valence-electron chi connectivity index (χ0n) is 14.3. The Kier molecular flexibility index (Phi) is 9.46. The number of rotatable bonds is 4. The average molecular weight is 482 g/mol. The molecule has 0 heterocycles. The van der Waals surface area contributed by atoms with Crippen LogP contribution < -0.4 is 0 Å². The zero-order valence-corrected chi connectivity index (χ0v) is 16.4. The lowest BCUT2D eigenvalue weighted by Crippen LogP contribution is -1.98. The number of benzene rings is 2. The molecule has 0 bridgehead atoms. The summed E-state index contributed by atoms with van der Waals surface area (Å²) in [6.45, 7) is 0. The highest BCUT2D eigenvalue weighted by Gasteiger charge is 2.09. The van der Waals surface area contributed by atoms with E-state index in [1.165, 1.54) is 19.2 Å². The molecule has 2 aromatic carbocycles. The van der Waals surface area contributed by atoms with E-state index in [0.29, 0.717) is 15.6 Å². The van der Waals surface area contributed by atoms with Crippen molar-refractivity contribution in [1.82, 2.24) is 0 Å². The van der Waals surface area contributed by atoms with E-state index in [-0.39, 0.29) is 28.7 Å². The second kappa shape index (κ2) is 11.6. The molecule has 8 nitrogen and oxygen atoms in total. The van der Waals surface area contributed by atoms with Gasteiger partial charge in [0, 0.05) is 18.6 Å². The summed E-state index contributed by atoms with van der Waals surface area (Å²) >= 11 is 1.93. The van der Waals surface area contributed by atoms with Crippen molar-refractivity contribution in [3.63, 3.8) is 0 Å². The number of halogens is 1. The number of nitrogens with zero attached hydrogens (tertiary/aromatic N) is 2. The highest BCUT2D eigenvalue weighted by atomic mass is 127. The van der Waals surface area contributed by atoms with Gasteiger partial charge >= 0.3 is 5.97 Å². The molecule has 2 rings (SSSR count). The Balaban J connectivity index is 0.000000309. The van der Waals surface area contributed by atoms with Gasteiger partial charge in [0.1, 0.15) is 5.56 Å². The molecule has 0 unspecified atom stereocenters. The first-order valence-corrected chi connectivity index (χ1v) is 8.62. The van der Waals surface area contributed by atoms with Crippen LogP contribution in [0.3, 0.4) is 0 Å². The first kappa shape index (κ1) is 22.0. The lowest BCUT2D eigenvalue weighted by atomic mass is 10.2. The summed E-state index contributed by atoms with van der Waals surface area (Å²) in [7, 11) is 1.30. The third-order valence-electron chi connectivity index (χ3n) is 3.05. The van der Waals surface area contributed by atoms with E-state index < -0.39 is 4.92 Å². The molecule has 0 aliphatic carbocycles. The van der Waals surface area contributed by atoms with Gasteiger partial charge in [0.15, 0.2) is 0 Å². The van der Waals surface area contributed by atoms with E-state index in [1.807, 2.05) is 22.6 Å². The summed E-state index contributed by atoms with van der Waals surface area (Å²) in [5, 5.41) is 20.9. The van der Waals surface area contributed by atoms with Crippen LogP contribution in [0.1, 0.15) is 18.4 Å². The fourth-order valence-electron chi connectivity index (χ4n) is 1.76. The normalized spacial score (nSPS) is 9.11. The van der Waals surface area contributed by atoms with Crippen LogP contribution in [0.4, 0.5) is 11.4 Å². The molecule has 0 spiro atoms. The maximum absolute atomic E-state index is 10.8. The quantitative estimate of drug-likeness (QED) is 0.213. The number of carbonyl (C=O) groups excluding carboxylic acids is 1. The van der Waals surface area contributed by atoms with Crippen LogP contribution in [-0.2, 0) is 9.53 Å². The Morgan fingerprint density at radius 1 is 1.04 bits per heavy atom. The molecule has 27 heavy (non-hydrogen) atoms. The van der Waals surface area contributed by atoms with Gasteiger partial charge in [0.2, 0.25) is 0 Å². The number of nitro benzene ring substituents is 2. The maximum atomic E-state index is 10.8. The minimum absolute atomic E-state index is 0.0296. The summed E-state index contributed by atoms with van der Waals surface area (Å²) < 4.78 is 5.12. The molecular formula is C18H15IN2O6. The molecule has 0 saturated carbocycles. The zero-order chi connectivity index (χ0) is 20.2. The molecule has 0 aromatic heterocycles. The Labute approximate surface area is 169 Å². The molecule has 0 N–H and O–H groups in total. The molecule has 140 valence electrons. The van der Waals surface area contributed by atoms with Gasteiger partial charge in [-0.25, -0.2) is 0 Å². The second-order valence-electron chi connectivity index (χ2n) is 4.86. The summed E-state index contributed by atoms with van der Waals surface area (Å²) in [4.78, 5) is 30.8. The van der Waals surface area contributed by atoms with Gasteiger partial charge < -0.3 is 4.74 Å². The lowest BCUT2D eigenvalue weighted by molar-refractivity contribution is -0.385. The van der Waals surface area contributed by atoms with Crippen LogP contribution in [0.25, 0.3) is 0 Å². The molecular weight excluding hydrogens is 467 g/mol. The van der Waals surface area contributed by atoms with Gasteiger partial charge in [0.25, 0.3) is 11.4 Å². The number of carbonyl (C=O) groups is 1. The van der Waals surface area contributed by atoms with Crippen molar-refractivity contribution in [2.24, 2.45) is 0 Å². The maximum Gasteiger partial charge on any atom is 0.306 e. The van der Waals surface area contributed by atoms with Crippen molar-refractivity contribution in [3.05, 3.63) is 77.9 Å². The summed E-state index contributed by atoms with van der Waals surface area (Å²) in [6, 6.07) is 12.8. The third-order valence-corrected chi connectivity index (χ3v) is 3.97. The number of ether oxygens (including phenoxy) is 1. The number of hydrogen-bond acceptors (Lipinski definition) is 6. The van der Waals surface area contributed by atoms with Gasteiger partial charge in [-0.15, -0.1) is 0 Å². The number of methoxy groups -OCH3 is 1. The first-order chi connectivity index (χ1) is 12.9. The third kappa shape index (κ3) is 7.83. The Morgan fingerprint density at radius 2 is 1.59 bits per heavy atom. The number of nitro groups is 2. The first-order valence-electron chi connectivity index (χ1n) is 7.54. The van der Waals surface area contributed by atoms with E-state index in [2.05, 4.69) is 16.6 Å². The molecule has 0 amide bonds. The molecule has 0 atom stereocenters. The minimum atomic E-state index is -0.482. The van der Waals surface area contributed by atoms with E-state index >= 15 is 0 Å². The topological polar surface area (TPSA) is 113 Å². The van der Waals surface area contributed by atoms with Crippen LogP contribution in [0.5, 0.6) is 0 Å². The van der Waals surface area contributed by atoms with Crippen LogP contribution in [0.15, 0.2) is 48.5 Å². The fourth-order valence-corrected chi connectivity index (χ4v) is 2.35. The SMILES string of the molecule is COC(=O)CCC#Cc1ccccc1[N+](=O)[O-].O=[N+]([O-])c1ccccc1I. The number of hydrogen-bond donors (Lipinski definition) is 0. The average Bonchev–Trinajstić information content (AvgIpc) is 2.65. The van der Waals surface area contributed by atoms with Crippen LogP contribution in [0, 0.1) is 35.6 Å². The van der Waals surface area contributed by atoms with Gasteiger partial charge in [0.05, 0.1) is 26.9 Å². The predicted molar refractivity (Wildman–Crippen MR) is 107 cm³/mol. The minimum Gasteiger partial charge on any atom is -0.469 e. The Morgan fingerprint density at radius 3 is 2.11 bits per heavy atom. The predicted octanol–water partition coefficient (Wildman–Crippen LogP) is 4.10. The van der Waals surface area contributed by atoms with Crippen molar-refractivity contribution in [2.45, 2.75) is 12.8 Å². The van der Waals surface area contributed by atoms with Crippen molar-refractivity contribution >= 4 is 39.9 Å². The van der Waals surface area contributed by atoms with E-state index in [9.17, 15) is 25.0 Å². The van der Waals surface area contributed by atoms with E-state index in [0.717, 1.165) is 0 Å². The van der Waals surface area contributed by atoms with Crippen molar-refractivity contribution in [3.8, 4) is 11.8 Å². The molecule has 0 radical (unpaired) electrons. The van der Waals surface area contributed by atoms with Crippen LogP contribution in [0.2, 0.25) is 0 Å². The molecule has 0 saturated heterocycles. The van der Waals surface area contributed by atoms with E-state index in [1.54, 1.807) is 36.4 Å². The van der Waals surface area contributed by atoms with Gasteiger partial charge in [-0.3, -0.25) is 25.0 Å².